The Morgan fingerprint density at radius 3 is 2.79 bits per heavy atom. The van der Waals surface area contributed by atoms with Crippen molar-refractivity contribution in [1.29, 1.82) is 0 Å². The van der Waals surface area contributed by atoms with E-state index in [0.29, 0.717) is 29.1 Å². The van der Waals surface area contributed by atoms with Crippen LogP contribution >= 0.6 is 0 Å². The molecule has 7 heteroatoms. The summed E-state index contributed by atoms with van der Waals surface area (Å²) in [6.07, 6.45) is 1.45. The summed E-state index contributed by atoms with van der Waals surface area (Å²) in [5, 5.41) is 0. The monoisotopic (exact) mass is 386 g/mol. The molecule has 0 amide bonds. The standard InChI is InChI=1S/C21H22O7/c1-10(2)13-7-16-14(20(24)25-4)8-17(27-16)18-21(3,28-18)9-12-5-11(6-15(13)22)19(23)26-12/h5,8,12-13,18H,1,6-7,9H2,2-4H3/t12-,13-,18-,21-/m1/s1. The molecule has 1 aromatic heterocycles. The minimum absolute atomic E-state index is 0.0466. The summed E-state index contributed by atoms with van der Waals surface area (Å²) in [6.45, 7) is 7.56. The molecule has 0 aromatic carbocycles. The molecule has 28 heavy (non-hydrogen) atoms. The second-order valence-corrected chi connectivity index (χ2v) is 7.87. The van der Waals surface area contributed by atoms with Crippen molar-refractivity contribution in [2.45, 2.75) is 50.9 Å². The molecule has 1 aromatic rings. The highest BCUT2D eigenvalue weighted by Crippen LogP contribution is 2.54. The lowest BCUT2D eigenvalue weighted by Gasteiger charge is -2.15. The fraction of sp³-hybridized carbons (Fsp3) is 0.476. The van der Waals surface area contributed by atoms with Gasteiger partial charge in [-0.2, -0.15) is 0 Å². The van der Waals surface area contributed by atoms with Crippen LogP contribution in [-0.2, 0) is 30.2 Å². The summed E-state index contributed by atoms with van der Waals surface area (Å²) in [4.78, 5) is 37.3. The van der Waals surface area contributed by atoms with Gasteiger partial charge < -0.3 is 18.6 Å². The molecule has 4 bridgehead atoms. The molecule has 0 radical (unpaired) electrons. The maximum atomic E-state index is 12.9. The Morgan fingerprint density at radius 2 is 2.11 bits per heavy atom. The van der Waals surface area contributed by atoms with E-state index < -0.39 is 29.6 Å². The number of hydrogen-bond donors (Lipinski definition) is 0. The van der Waals surface area contributed by atoms with Gasteiger partial charge in [0, 0.05) is 30.8 Å². The molecular formula is C21H22O7. The summed E-state index contributed by atoms with van der Waals surface area (Å²) < 4.78 is 22.1. The van der Waals surface area contributed by atoms with E-state index in [2.05, 4.69) is 6.58 Å². The van der Waals surface area contributed by atoms with Gasteiger partial charge in [0.2, 0.25) is 0 Å². The topological polar surface area (TPSA) is 95.3 Å². The van der Waals surface area contributed by atoms with E-state index in [1.54, 1.807) is 19.1 Å². The summed E-state index contributed by atoms with van der Waals surface area (Å²) in [5.41, 5.74) is 0.685. The molecule has 4 heterocycles. The first-order valence-corrected chi connectivity index (χ1v) is 9.20. The number of epoxide rings is 1. The molecule has 1 saturated heterocycles. The average molecular weight is 386 g/mol. The van der Waals surface area contributed by atoms with E-state index in [-0.39, 0.29) is 30.3 Å². The number of Topliss-reactive ketones (excluding diaryl/α,β-unsaturated/α-hetero) is 1. The summed E-state index contributed by atoms with van der Waals surface area (Å²) in [5.74, 6) is -0.904. The molecule has 3 aliphatic rings. The van der Waals surface area contributed by atoms with Crippen molar-refractivity contribution in [1.82, 2.24) is 0 Å². The van der Waals surface area contributed by atoms with E-state index in [4.69, 9.17) is 18.6 Å². The van der Waals surface area contributed by atoms with Gasteiger partial charge in [-0.1, -0.05) is 12.2 Å². The number of esters is 2. The summed E-state index contributed by atoms with van der Waals surface area (Å²) in [6, 6.07) is 1.62. The Hall–Kier alpha value is -2.67. The number of rotatable bonds is 2. The number of methoxy groups -OCH3 is 1. The van der Waals surface area contributed by atoms with Crippen LogP contribution in [0.5, 0.6) is 0 Å². The quantitative estimate of drug-likeness (QED) is 0.438. The first-order valence-electron chi connectivity index (χ1n) is 9.20. The Balaban J connectivity index is 1.77. The minimum Gasteiger partial charge on any atom is -0.465 e. The van der Waals surface area contributed by atoms with E-state index in [9.17, 15) is 14.4 Å². The first-order chi connectivity index (χ1) is 13.2. The van der Waals surface area contributed by atoms with Crippen LogP contribution in [0.4, 0.5) is 0 Å². The Kier molecular flexibility index (Phi) is 4.30. The van der Waals surface area contributed by atoms with Gasteiger partial charge in [0.25, 0.3) is 0 Å². The van der Waals surface area contributed by atoms with E-state index in [1.165, 1.54) is 7.11 Å². The maximum absolute atomic E-state index is 12.9. The van der Waals surface area contributed by atoms with Crippen LogP contribution in [-0.4, -0.2) is 36.5 Å². The third kappa shape index (κ3) is 3.09. The molecule has 4 atom stereocenters. The Morgan fingerprint density at radius 1 is 1.36 bits per heavy atom. The average Bonchev–Trinajstić information content (AvgIpc) is 2.96. The van der Waals surface area contributed by atoms with Crippen LogP contribution in [0.2, 0.25) is 0 Å². The molecular weight excluding hydrogens is 364 g/mol. The largest absolute Gasteiger partial charge is 0.465 e. The predicted molar refractivity (Wildman–Crippen MR) is 96.5 cm³/mol. The van der Waals surface area contributed by atoms with Crippen molar-refractivity contribution in [3.05, 3.63) is 47.0 Å². The van der Waals surface area contributed by atoms with Gasteiger partial charge in [-0.15, -0.1) is 0 Å². The third-order valence-corrected chi connectivity index (χ3v) is 5.63. The fourth-order valence-electron chi connectivity index (χ4n) is 3.99. The van der Waals surface area contributed by atoms with Gasteiger partial charge in [-0.25, -0.2) is 9.59 Å². The molecule has 4 rings (SSSR count). The highest BCUT2D eigenvalue weighted by molar-refractivity contribution is 5.99. The van der Waals surface area contributed by atoms with Gasteiger partial charge in [0.05, 0.1) is 7.11 Å². The third-order valence-electron chi connectivity index (χ3n) is 5.63. The molecule has 0 spiro atoms. The highest BCUT2D eigenvalue weighted by Gasteiger charge is 2.57. The zero-order valence-electron chi connectivity index (χ0n) is 16.1. The molecule has 0 aliphatic carbocycles. The number of ketones is 1. The van der Waals surface area contributed by atoms with Gasteiger partial charge in [0.1, 0.15) is 40.7 Å². The highest BCUT2D eigenvalue weighted by atomic mass is 16.6. The summed E-state index contributed by atoms with van der Waals surface area (Å²) >= 11 is 0. The Bertz CT molecular complexity index is 921. The van der Waals surface area contributed by atoms with Gasteiger partial charge in [-0.3, -0.25) is 4.79 Å². The smallest absolute Gasteiger partial charge is 0.341 e. The number of allylic oxidation sites excluding steroid dienone is 1. The van der Waals surface area contributed by atoms with E-state index in [1.807, 2.05) is 6.92 Å². The molecule has 0 N–H and O–H groups in total. The van der Waals surface area contributed by atoms with Crippen LogP contribution in [0.3, 0.4) is 0 Å². The molecule has 7 nitrogen and oxygen atoms in total. The van der Waals surface area contributed by atoms with Crippen molar-refractivity contribution < 1.29 is 33.0 Å². The number of carbonyl (C=O) groups is 3. The molecule has 0 unspecified atom stereocenters. The lowest BCUT2D eigenvalue weighted by atomic mass is 9.87. The van der Waals surface area contributed by atoms with E-state index in [0.717, 1.165) is 0 Å². The number of furan rings is 1. The van der Waals surface area contributed by atoms with Crippen molar-refractivity contribution in [3.8, 4) is 0 Å². The number of ether oxygens (including phenoxy) is 3. The van der Waals surface area contributed by atoms with Crippen LogP contribution in [0.15, 0.2) is 34.3 Å². The SMILES string of the molecule is C=C(C)[C@H]1Cc2oc(cc2C(=O)OC)[C@H]2O[C@]2(C)C[C@H]2C=C(CC1=O)C(=O)O2. The second-order valence-electron chi connectivity index (χ2n) is 7.87. The maximum Gasteiger partial charge on any atom is 0.341 e. The number of carbonyl (C=O) groups excluding carboxylic acids is 3. The predicted octanol–water partition coefficient (Wildman–Crippen LogP) is 2.85. The minimum atomic E-state index is -0.595. The lowest BCUT2D eigenvalue weighted by molar-refractivity contribution is -0.141. The van der Waals surface area contributed by atoms with Crippen molar-refractivity contribution in [3.63, 3.8) is 0 Å². The molecule has 3 aliphatic heterocycles. The molecule has 148 valence electrons. The molecule has 0 saturated carbocycles. The van der Waals surface area contributed by atoms with Gasteiger partial charge in [0.15, 0.2) is 0 Å². The normalized spacial score (nSPS) is 31.5. The van der Waals surface area contributed by atoms with Crippen molar-refractivity contribution in [2.75, 3.05) is 7.11 Å². The zero-order valence-corrected chi connectivity index (χ0v) is 16.1. The number of hydrogen-bond acceptors (Lipinski definition) is 7. The van der Waals surface area contributed by atoms with Crippen LogP contribution in [0.25, 0.3) is 0 Å². The Labute approximate surface area is 162 Å². The fourth-order valence-corrected chi connectivity index (χ4v) is 3.99. The van der Waals surface area contributed by atoms with E-state index >= 15 is 0 Å². The van der Waals surface area contributed by atoms with Gasteiger partial charge >= 0.3 is 11.9 Å². The van der Waals surface area contributed by atoms with Gasteiger partial charge in [-0.05, 0) is 26.0 Å². The first kappa shape index (κ1) is 18.7. The van der Waals surface area contributed by atoms with Crippen molar-refractivity contribution >= 4 is 17.7 Å². The number of fused-ring (bicyclic) bond motifs is 5. The van der Waals surface area contributed by atoms with Crippen LogP contribution in [0.1, 0.15) is 54.7 Å². The van der Waals surface area contributed by atoms with Crippen LogP contribution < -0.4 is 0 Å². The second kappa shape index (κ2) is 6.44. The lowest BCUT2D eigenvalue weighted by Crippen LogP contribution is -2.21. The molecule has 1 fully saturated rings. The summed E-state index contributed by atoms with van der Waals surface area (Å²) in [7, 11) is 1.30. The van der Waals surface area contributed by atoms with Crippen LogP contribution in [0, 0.1) is 5.92 Å². The zero-order chi connectivity index (χ0) is 20.2. The van der Waals surface area contributed by atoms with Crippen molar-refractivity contribution in [2.24, 2.45) is 5.92 Å².